The van der Waals surface area contributed by atoms with Crippen LogP contribution in [0.25, 0.3) is 0 Å². The lowest BCUT2D eigenvalue weighted by Crippen LogP contribution is -2.32. The van der Waals surface area contributed by atoms with Gasteiger partial charge in [0.15, 0.2) is 0 Å². The number of anilines is 1. The number of aryl methyl sites for hydroxylation is 2. The SMILES string of the molecule is COc1ccc(N2CC(C(=O)NCc3cc4c(s3)CCCC4)CC2=O)cc1. The van der Waals surface area contributed by atoms with Gasteiger partial charge in [-0.15, -0.1) is 11.3 Å². The molecule has 1 saturated heterocycles. The lowest BCUT2D eigenvalue weighted by molar-refractivity contribution is -0.126. The van der Waals surface area contributed by atoms with Gasteiger partial charge in [-0.1, -0.05) is 0 Å². The molecule has 2 aromatic rings. The summed E-state index contributed by atoms with van der Waals surface area (Å²) >= 11 is 1.82. The maximum absolute atomic E-state index is 12.6. The van der Waals surface area contributed by atoms with Gasteiger partial charge in [0.2, 0.25) is 11.8 Å². The molecule has 6 heteroatoms. The van der Waals surface area contributed by atoms with E-state index < -0.39 is 0 Å². The van der Waals surface area contributed by atoms with Crippen molar-refractivity contribution >= 4 is 28.8 Å². The third kappa shape index (κ3) is 3.86. The van der Waals surface area contributed by atoms with Crippen LogP contribution < -0.4 is 15.0 Å². The summed E-state index contributed by atoms with van der Waals surface area (Å²) < 4.78 is 5.16. The molecule has 1 atom stereocenters. The number of ether oxygens (including phenoxy) is 1. The van der Waals surface area contributed by atoms with Crippen molar-refractivity contribution in [3.05, 3.63) is 45.6 Å². The van der Waals surface area contributed by atoms with E-state index in [9.17, 15) is 9.59 Å². The smallest absolute Gasteiger partial charge is 0.227 e. The van der Waals surface area contributed by atoms with E-state index in [1.165, 1.54) is 34.6 Å². The number of fused-ring (bicyclic) bond motifs is 1. The van der Waals surface area contributed by atoms with Crippen molar-refractivity contribution in [1.29, 1.82) is 0 Å². The van der Waals surface area contributed by atoms with Crippen LogP contribution in [0, 0.1) is 5.92 Å². The van der Waals surface area contributed by atoms with Gasteiger partial charge in [0.25, 0.3) is 0 Å². The van der Waals surface area contributed by atoms with Crippen molar-refractivity contribution in [3.8, 4) is 5.75 Å². The average molecular weight is 385 g/mol. The first-order chi connectivity index (χ1) is 13.1. The minimum Gasteiger partial charge on any atom is -0.497 e. The summed E-state index contributed by atoms with van der Waals surface area (Å²) in [6, 6.07) is 9.60. The highest BCUT2D eigenvalue weighted by Gasteiger charge is 2.35. The van der Waals surface area contributed by atoms with E-state index in [1.807, 2.05) is 35.6 Å². The quantitative estimate of drug-likeness (QED) is 0.860. The zero-order valence-electron chi connectivity index (χ0n) is 15.5. The van der Waals surface area contributed by atoms with Crippen molar-refractivity contribution in [2.75, 3.05) is 18.6 Å². The number of thiophene rings is 1. The van der Waals surface area contributed by atoms with Crippen LogP contribution in [0.1, 0.15) is 34.6 Å². The van der Waals surface area contributed by atoms with Gasteiger partial charge in [-0.25, -0.2) is 0 Å². The number of carbonyl (C=O) groups excluding carboxylic acids is 2. The number of benzene rings is 1. The molecule has 1 aliphatic carbocycles. The molecule has 1 unspecified atom stereocenters. The number of hydrogen-bond acceptors (Lipinski definition) is 4. The van der Waals surface area contributed by atoms with E-state index in [0.29, 0.717) is 13.1 Å². The number of nitrogens with zero attached hydrogens (tertiary/aromatic N) is 1. The molecule has 1 aromatic heterocycles. The van der Waals surface area contributed by atoms with Crippen molar-refractivity contribution in [3.63, 3.8) is 0 Å². The topological polar surface area (TPSA) is 58.6 Å². The number of rotatable bonds is 5. The molecule has 4 rings (SSSR count). The normalized spacial score (nSPS) is 19.1. The molecule has 5 nitrogen and oxygen atoms in total. The maximum Gasteiger partial charge on any atom is 0.227 e. The molecule has 27 heavy (non-hydrogen) atoms. The molecule has 0 saturated carbocycles. The second-order valence-corrected chi connectivity index (χ2v) is 8.41. The highest BCUT2D eigenvalue weighted by Crippen LogP contribution is 2.30. The standard InChI is InChI=1S/C21H24N2O3S/c1-26-17-8-6-16(7-9-17)23-13-15(11-20(23)24)21(25)22-12-18-10-14-4-2-3-5-19(14)27-18/h6-10,15H,2-5,11-13H2,1H3,(H,22,25). The van der Waals surface area contributed by atoms with Gasteiger partial charge in [0.1, 0.15) is 5.75 Å². The second kappa shape index (κ2) is 7.72. The van der Waals surface area contributed by atoms with Gasteiger partial charge < -0.3 is 15.0 Å². The second-order valence-electron chi connectivity index (χ2n) is 7.19. The van der Waals surface area contributed by atoms with Crippen molar-refractivity contribution in [1.82, 2.24) is 5.32 Å². The highest BCUT2D eigenvalue weighted by molar-refractivity contribution is 7.12. The van der Waals surface area contributed by atoms with E-state index in [0.717, 1.165) is 17.9 Å². The predicted molar refractivity (Wildman–Crippen MR) is 106 cm³/mol. The molecule has 0 radical (unpaired) electrons. The molecule has 1 aliphatic heterocycles. The van der Waals surface area contributed by atoms with Crippen LogP contribution >= 0.6 is 11.3 Å². The fourth-order valence-electron chi connectivity index (χ4n) is 3.85. The fraction of sp³-hybridized carbons (Fsp3) is 0.429. The summed E-state index contributed by atoms with van der Waals surface area (Å²) in [6.45, 7) is 0.988. The first kappa shape index (κ1) is 18.0. The lowest BCUT2D eigenvalue weighted by Gasteiger charge is -2.17. The Morgan fingerprint density at radius 1 is 1.26 bits per heavy atom. The number of methoxy groups -OCH3 is 1. The van der Waals surface area contributed by atoms with Crippen molar-refractivity contribution in [2.45, 2.75) is 38.6 Å². The van der Waals surface area contributed by atoms with Crippen LogP contribution in [-0.4, -0.2) is 25.5 Å². The van der Waals surface area contributed by atoms with Crippen LogP contribution in [0.4, 0.5) is 5.69 Å². The Morgan fingerprint density at radius 3 is 2.78 bits per heavy atom. The molecule has 2 heterocycles. The average Bonchev–Trinajstić information content (AvgIpc) is 3.29. The molecule has 142 valence electrons. The maximum atomic E-state index is 12.6. The Labute approximate surface area is 163 Å². The van der Waals surface area contributed by atoms with Gasteiger partial charge in [0.05, 0.1) is 19.6 Å². The van der Waals surface area contributed by atoms with Crippen molar-refractivity contribution < 1.29 is 14.3 Å². The van der Waals surface area contributed by atoms with Crippen molar-refractivity contribution in [2.24, 2.45) is 5.92 Å². The van der Waals surface area contributed by atoms with Crippen LogP contribution in [0.15, 0.2) is 30.3 Å². The summed E-state index contributed by atoms with van der Waals surface area (Å²) in [5.41, 5.74) is 2.26. The third-order valence-corrected chi connectivity index (χ3v) is 6.60. The summed E-state index contributed by atoms with van der Waals surface area (Å²) in [6.07, 6.45) is 5.13. The van der Waals surface area contributed by atoms with E-state index in [1.54, 1.807) is 12.0 Å². The summed E-state index contributed by atoms with van der Waals surface area (Å²) in [5, 5.41) is 3.03. The Bertz CT molecular complexity index is 820. The fourth-order valence-corrected chi connectivity index (χ4v) is 5.05. The minimum absolute atomic E-state index is 0.00750. The van der Waals surface area contributed by atoms with E-state index >= 15 is 0 Å². The molecule has 2 aliphatic rings. The minimum atomic E-state index is -0.297. The molecule has 1 N–H and O–H groups in total. The van der Waals surface area contributed by atoms with E-state index in [-0.39, 0.29) is 24.2 Å². The predicted octanol–water partition coefficient (Wildman–Crippen LogP) is 3.30. The first-order valence-corrected chi connectivity index (χ1v) is 10.3. The molecule has 2 amide bonds. The van der Waals surface area contributed by atoms with Crippen LogP contribution in [-0.2, 0) is 29.0 Å². The Kier molecular flexibility index (Phi) is 5.16. The summed E-state index contributed by atoms with van der Waals surface area (Å²) in [4.78, 5) is 29.3. The first-order valence-electron chi connectivity index (χ1n) is 9.46. The van der Waals surface area contributed by atoms with Gasteiger partial charge in [-0.3, -0.25) is 9.59 Å². The van der Waals surface area contributed by atoms with Gasteiger partial charge in [-0.2, -0.15) is 0 Å². The van der Waals surface area contributed by atoms with Crippen LogP contribution in [0.3, 0.4) is 0 Å². The summed E-state index contributed by atoms with van der Waals surface area (Å²) in [7, 11) is 1.61. The molecule has 1 fully saturated rings. The van der Waals surface area contributed by atoms with E-state index in [4.69, 9.17) is 4.74 Å². The number of hydrogen-bond donors (Lipinski definition) is 1. The third-order valence-electron chi connectivity index (χ3n) is 5.36. The zero-order chi connectivity index (χ0) is 18.8. The Morgan fingerprint density at radius 2 is 2.04 bits per heavy atom. The van der Waals surface area contributed by atoms with Gasteiger partial charge >= 0.3 is 0 Å². The lowest BCUT2D eigenvalue weighted by atomic mass is 9.99. The van der Waals surface area contributed by atoms with Gasteiger partial charge in [0, 0.05) is 28.4 Å². The Balaban J connectivity index is 1.35. The molecular formula is C21H24N2O3S. The summed E-state index contributed by atoms with van der Waals surface area (Å²) in [5.74, 6) is 0.408. The highest BCUT2D eigenvalue weighted by atomic mass is 32.1. The molecule has 0 bridgehead atoms. The molecule has 1 aromatic carbocycles. The Hall–Kier alpha value is -2.34. The zero-order valence-corrected chi connectivity index (χ0v) is 16.3. The monoisotopic (exact) mass is 384 g/mol. The van der Waals surface area contributed by atoms with Gasteiger partial charge in [-0.05, 0) is 61.6 Å². The van der Waals surface area contributed by atoms with E-state index in [2.05, 4.69) is 11.4 Å². The number of carbonyl (C=O) groups is 2. The number of nitrogens with one attached hydrogen (secondary N) is 1. The largest absolute Gasteiger partial charge is 0.497 e. The van der Waals surface area contributed by atoms with Crippen LogP contribution in [0.5, 0.6) is 5.75 Å². The number of amides is 2. The van der Waals surface area contributed by atoms with Crippen LogP contribution in [0.2, 0.25) is 0 Å². The molecule has 0 spiro atoms. The molecular weight excluding hydrogens is 360 g/mol.